The van der Waals surface area contributed by atoms with Crippen molar-refractivity contribution in [2.45, 2.75) is 37.6 Å². The Morgan fingerprint density at radius 1 is 1.38 bits per heavy atom. The molecule has 1 aliphatic heterocycles. The normalized spacial score (nSPS) is 32.2. The number of epoxide rings is 1. The summed E-state index contributed by atoms with van der Waals surface area (Å²) in [5, 5.41) is 0. The molecule has 16 heavy (non-hydrogen) atoms. The van der Waals surface area contributed by atoms with Gasteiger partial charge in [-0.25, -0.2) is 4.79 Å². The fourth-order valence-electron chi connectivity index (χ4n) is 1.83. The predicted octanol–water partition coefficient (Wildman–Crippen LogP) is 2.22. The molecule has 0 radical (unpaired) electrons. The van der Waals surface area contributed by atoms with Crippen LogP contribution < -0.4 is 0 Å². The number of benzene rings is 1. The average molecular weight is 218 g/mol. The SMILES string of the molecule is CC1(C(=O)OC2CC2)OC1c1ccccc1. The number of carbonyl (C=O) groups excluding carboxylic acids is 1. The van der Waals surface area contributed by atoms with E-state index in [-0.39, 0.29) is 18.2 Å². The number of esters is 1. The molecule has 84 valence electrons. The molecule has 3 rings (SSSR count). The first kappa shape index (κ1) is 9.85. The first-order chi connectivity index (χ1) is 7.70. The largest absolute Gasteiger partial charge is 0.460 e. The van der Waals surface area contributed by atoms with E-state index in [4.69, 9.17) is 9.47 Å². The van der Waals surface area contributed by atoms with Gasteiger partial charge in [0, 0.05) is 0 Å². The summed E-state index contributed by atoms with van der Waals surface area (Å²) in [7, 11) is 0. The second-order valence-corrected chi connectivity index (χ2v) is 4.62. The second kappa shape index (κ2) is 3.32. The molecule has 3 nitrogen and oxygen atoms in total. The number of hydrogen-bond acceptors (Lipinski definition) is 3. The highest BCUT2D eigenvalue weighted by Crippen LogP contribution is 2.50. The molecule has 3 heteroatoms. The van der Waals surface area contributed by atoms with E-state index in [1.807, 2.05) is 30.3 Å². The third kappa shape index (κ3) is 1.61. The van der Waals surface area contributed by atoms with Crippen molar-refractivity contribution < 1.29 is 14.3 Å². The zero-order valence-electron chi connectivity index (χ0n) is 9.18. The van der Waals surface area contributed by atoms with Crippen molar-refractivity contribution in [2.24, 2.45) is 0 Å². The van der Waals surface area contributed by atoms with Crippen LogP contribution in [0.25, 0.3) is 0 Å². The minimum absolute atomic E-state index is 0.139. The Hall–Kier alpha value is -1.35. The third-order valence-corrected chi connectivity index (χ3v) is 3.11. The highest BCUT2D eigenvalue weighted by Gasteiger charge is 2.61. The molecule has 1 heterocycles. The Balaban J connectivity index is 1.70. The summed E-state index contributed by atoms with van der Waals surface area (Å²) in [6.45, 7) is 1.80. The lowest BCUT2D eigenvalue weighted by molar-refractivity contribution is -0.150. The smallest absolute Gasteiger partial charge is 0.341 e. The van der Waals surface area contributed by atoms with Gasteiger partial charge in [0.25, 0.3) is 0 Å². The molecular formula is C13H14O3. The monoisotopic (exact) mass is 218 g/mol. The predicted molar refractivity (Wildman–Crippen MR) is 57.8 cm³/mol. The first-order valence-electron chi connectivity index (χ1n) is 5.64. The van der Waals surface area contributed by atoms with Crippen molar-refractivity contribution in [1.82, 2.24) is 0 Å². The Morgan fingerprint density at radius 3 is 2.69 bits per heavy atom. The lowest BCUT2D eigenvalue weighted by Gasteiger charge is -2.06. The summed E-state index contributed by atoms with van der Waals surface area (Å²) in [5.74, 6) is -0.219. The Morgan fingerprint density at radius 2 is 2.06 bits per heavy atom. The maximum Gasteiger partial charge on any atom is 0.341 e. The van der Waals surface area contributed by atoms with E-state index < -0.39 is 5.60 Å². The summed E-state index contributed by atoms with van der Waals surface area (Å²) in [6.07, 6.45) is 2.00. The molecule has 1 aliphatic carbocycles. The minimum Gasteiger partial charge on any atom is -0.460 e. The number of carbonyl (C=O) groups is 1. The molecule has 1 saturated heterocycles. The number of ether oxygens (including phenoxy) is 2. The summed E-state index contributed by atoms with van der Waals surface area (Å²) in [5.41, 5.74) is 0.280. The summed E-state index contributed by atoms with van der Waals surface area (Å²) >= 11 is 0. The van der Waals surface area contributed by atoms with Crippen LogP contribution in [0.15, 0.2) is 30.3 Å². The van der Waals surface area contributed by atoms with Gasteiger partial charge < -0.3 is 9.47 Å². The Kier molecular flexibility index (Phi) is 2.04. The van der Waals surface area contributed by atoms with Crippen molar-refractivity contribution >= 4 is 5.97 Å². The van der Waals surface area contributed by atoms with E-state index in [0.29, 0.717) is 0 Å². The second-order valence-electron chi connectivity index (χ2n) is 4.62. The van der Waals surface area contributed by atoms with Crippen LogP contribution in [0.1, 0.15) is 31.4 Å². The molecule has 1 saturated carbocycles. The molecule has 0 spiro atoms. The van der Waals surface area contributed by atoms with Crippen LogP contribution in [0.2, 0.25) is 0 Å². The van der Waals surface area contributed by atoms with Crippen LogP contribution in [0.4, 0.5) is 0 Å². The molecule has 2 unspecified atom stereocenters. The molecule has 0 aromatic heterocycles. The molecular weight excluding hydrogens is 204 g/mol. The zero-order valence-corrected chi connectivity index (χ0v) is 9.18. The van der Waals surface area contributed by atoms with Crippen molar-refractivity contribution in [3.05, 3.63) is 35.9 Å². The molecule has 2 atom stereocenters. The molecule has 2 aliphatic rings. The lowest BCUT2D eigenvalue weighted by Crippen LogP contribution is -2.25. The van der Waals surface area contributed by atoms with E-state index in [1.54, 1.807) is 6.92 Å². The molecule has 1 aromatic carbocycles. The van der Waals surface area contributed by atoms with Crippen LogP contribution in [0.3, 0.4) is 0 Å². The van der Waals surface area contributed by atoms with Crippen LogP contribution in [0.5, 0.6) is 0 Å². The molecule has 2 fully saturated rings. The molecule has 0 bridgehead atoms. The first-order valence-corrected chi connectivity index (χ1v) is 5.64. The third-order valence-electron chi connectivity index (χ3n) is 3.11. The average Bonchev–Trinajstić information content (AvgIpc) is 3.18. The van der Waals surface area contributed by atoms with Gasteiger partial charge in [0.05, 0.1) is 0 Å². The van der Waals surface area contributed by atoms with Gasteiger partial charge in [0.15, 0.2) is 5.60 Å². The van der Waals surface area contributed by atoms with Crippen molar-refractivity contribution in [3.8, 4) is 0 Å². The minimum atomic E-state index is -0.760. The van der Waals surface area contributed by atoms with Gasteiger partial charge in [-0.05, 0) is 25.3 Å². The van der Waals surface area contributed by atoms with E-state index in [0.717, 1.165) is 18.4 Å². The summed E-state index contributed by atoms with van der Waals surface area (Å²) in [6, 6.07) is 9.79. The van der Waals surface area contributed by atoms with Gasteiger partial charge in [-0.1, -0.05) is 30.3 Å². The van der Waals surface area contributed by atoms with Crippen LogP contribution in [0, 0.1) is 0 Å². The van der Waals surface area contributed by atoms with Crippen LogP contribution >= 0.6 is 0 Å². The van der Waals surface area contributed by atoms with Gasteiger partial charge >= 0.3 is 5.97 Å². The van der Waals surface area contributed by atoms with Gasteiger partial charge in [-0.15, -0.1) is 0 Å². The maximum absolute atomic E-state index is 11.8. The fourth-order valence-corrected chi connectivity index (χ4v) is 1.83. The number of hydrogen-bond donors (Lipinski definition) is 0. The maximum atomic E-state index is 11.8. The molecule has 1 aromatic rings. The summed E-state index contributed by atoms with van der Waals surface area (Å²) in [4.78, 5) is 11.8. The van der Waals surface area contributed by atoms with Gasteiger partial charge in [0.2, 0.25) is 0 Å². The van der Waals surface area contributed by atoms with Gasteiger partial charge in [-0.2, -0.15) is 0 Å². The van der Waals surface area contributed by atoms with E-state index >= 15 is 0 Å². The van der Waals surface area contributed by atoms with E-state index in [1.165, 1.54) is 0 Å². The van der Waals surface area contributed by atoms with E-state index in [9.17, 15) is 4.79 Å². The lowest BCUT2D eigenvalue weighted by atomic mass is 10.0. The molecule has 0 N–H and O–H groups in total. The van der Waals surface area contributed by atoms with Gasteiger partial charge in [-0.3, -0.25) is 0 Å². The van der Waals surface area contributed by atoms with Crippen molar-refractivity contribution in [2.75, 3.05) is 0 Å². The quantitative estimate of drug-likeness (QED) is 0.576. The van der Waals surface area contributed by atoms with Crippen LogP contribution in [-0.2, 0) is 14.3 Å². The zero-order chi connectivity index (χ0) is 11.2. The fraction of sp³-hybridized carbons (Fsp3) is 0.462. The summed E-state index contributed by atoms with van der Waals surface area (Å²) < 4.78 is 10.8. The van der Waals surface area contributed by atoms with Crippen LogP contribution in [-0.4, -0.2) is 17.7 Å². The van der Waals surface area contributed by atoms with E-state index in [2.05, 4.69) is 0 Å². The Bertz CT molecular complexity index is 410. The highest BCUT2D eigenvalue weighted by molar-refractivity contribution is 5.83. The van der Waals surface area contributed by atoms with Crippen molar-refractivity contribution in [1.29, 1.82) is 0 Å². The standard InChI is InChI=1S/C13H14O3/c1-13(12(14)15-10-7-8-10)11(16-13)9-5-3-2-4-6-9/h2-6,10-11H,7-8H2,1H3. The Labute approximate surface area is 94.4 Å². The van der Waals surface area contributed by atoms with Crippen molar-refractivity contribution in [3.63, 3.8) is 0 Å². The number of rotatable bonds is 3. The van der Waals surface area contributed by atoms with Gasteiger partial charge in [0.1, 0.15) is 12.2 Å². The highest BCUT2D eigenvalue weighted by atomic mass is 16.7. The topological polar surface area (TPSA) is 38.8 Å². The molecule has 0 amide bonds.